The largest absolute Gasteiger partial charge is 0.370 e. The van der Waals surface area contributed by atoms with E-state index in [2.05, 4.69) is 10.3 Å². The van der Waals surface area contributed by atoms with Gasteiger partial charge in [-0.2, -0.15) is 0 Å². The molecule has 6 nitrogen and oxygen atoms in total. The van der Waals surface area contributed by atoms with E-state index in [0.29, 0.717) is 31.6 Å². The minimum Gasteiger partial charge on any atom is -0.370 e. The fraction of sp³-hybridized carbons (Fsp3) is 0.417. The van der Waals surface area contributed by atoms with Crippen LogP contribution < -0.4 is 16.8 Å². The Morgan fingerprint density at radius 1 is 1.28 bits per heavy atom. The highest BCUT2D eigenvalue weighted by Crippen LogP contribution is 1.99. The van der Waals surface area contributed by atoms with Crippen LogP contribution in [0.3, 0.4) is 0 Å². The van der Waals surface area contributed by atoms with Crippen molar-refractivity contribution in [2.24, 2.45) is 11.5 Å². The molecule has 1 aromatic rings. The Morgan fingerprint density at radius 2 is 2.06 bits per heavy atom. The summed E-state index contributed by atoms with van der Waals surface area (Å²) in [4.78, 5) is 26.1. The second-order valence-electron chi connectivity index (χ2n) is 3.94. The summed E-state index contributed by atoms with van der Waals surface area (Å²) in [6.07, 6.45) is 3.33. The molecule has 0 unspecified atom stereocenters. The monoisotopic (exact) mass is 250 g/mol. The van der Waals surface area contributed by atoms with Crippen LogP contribution in [0, 0.1) is 0 Å². The molecule has 0 saturated carbocycles. The van der Waals surface area contributed by atoms with E-state index in [0.717, 1.165) is 12.0 Å². The van der Waals surface area contributed by atoms with E-state index in [1.54, 1.807) is 18.3 Å². The van der Waals surface area contributed by atoms with Gasteiger partial charge in [0.15, 0.2) is 0 Å². The molecule has 1 aromatic heterocycles. The molecule has 0 bridgehead atoms. The molecule has 0 saturated heterocycles. The van der Waals surface area contributed by atoms with Crippen molar-refractivity contribution >= 4 is 11.8 Å². The SMILES string of the molecule is NCc1ccc(C(=O)NCCCCC(N)=O)nc1. The second-order valence-corrected chi connectivity index (χ2v) is 3.94. The minimum atomic E-state index is -0.319. The molecule has 0 aromatic carbocycles. The number of hydrogen-bond acceptors (Lipinski definition) is 4. The molecule has 6 heteroatoms. The van der Waals surface area contributed by atoms with Crippen LogP contribution in [-0.2, 0) is 11.3 Å². The maximum Gasteiger partial charge on any atom is 0.269 e. The maximum absolute atomic E-state index is 11.6. The zero-order valence-corrected chi connectivity index (χ0v) is 10.2. The number of nitrogens with two attached hydrogens (primary N) is 2. The molecule has 0 fully saturated rings. The number of rotatable bonds is 7. The smallest absolute Gasteiger partial charge is 0.269 e. The molecule has 0 atom stereocenters. The van der Waals surface area contributed by atoms with Gasteiger partial charge >= 0.3 is 0 Å². The number of nitrogens with one attached hydrogen (secondary N) is 1. The highest BCUT2D eigenvalue weighted by molar-refractivity contribution is 5.92. The molecule has 0 aliphatic heterocycles. The molecule has 1 heterocycles. The fourth-order valence-electron chi connectivity index (χ4n) is 1.40. The van der Waals surface area contributed by atoms with Gasteiger partial charge in [-0.25, -0.2) is 0 Å². The van der Waals surface area contributed by atoms with Crippen LogP contribution in [0.1, 0.15) is 35.3 Å². The summed E-state index contributed by atoms with van der Waals surface area (Å²) >= 11 is 0. The summed E-state index contributed by atoms with van der Waals surface area (Å²) in [5.74, 6) is -0.544. The number of nitrogens with zero attached hydrogens (tertiary/aromatic N) is 1. The number of pyridine rings is 1. The third kappa shape index (κ3) is 4.92. The zero-order chi connectivity index (χ0) is 13.4. The van der Waals surface area contributed by atoms with E-state index < -0.39 is 0 Å². The third-order valence-corrected chi connectivity index (χ3v) is 2.43. The Labute approximate surface area is 106 Å². The van der Waals surface area contributed by atoms with Crippen molar-refractivity contribution in [1.82, 2.24) is 10.3 Å². The van der Waals surface area contributed by atoms with Gasteiger partial charge in [0.1, 0.15) is 5.69 Å². The van der Waals surface area contributed by atoms with Crippen LogP contribution >= 0.6 is 0 Å². The Hall–Kier alpha value is -1.95. The van der Waals surface area contributed by atoms with Crippen LogP contribution in [-0.4, -0.2) is 23.3 Å². The maximum atomic E-state index is 11.6. The molecule has 0 radical (unpaired) electrons. The van der Waals surface area contributed by atoms with Gasteiger partial charge in [0.2, 0.25) is 5.91 Å². The first-order valence-electron chi connectivity index (χ1n) is 5.85. The van der Waals surface area contributed by atoms with Crippen molar-refractivity contribution in [3.63, 3.8) is 0 Å². The Bertz CT molecular complexity index is 403. The highest BCUT2D eigenvalue weighted by atomic mass is 16.2. The van der Waals surface area contributed by atoms with Crippen molar-refractivity contribution < 1.29 is 9.59 Å². The number of carbonyl (C=O) groups excluding carboxylic acids is 2. The van der Waals surface area contributed by atoms with Crippen LogP contribution in [0.2, 0.25) is 0 Å². The van der Waals surface area contributed by atoms with Crippen molar-refractivity contribution in [1.29, 1.82) is 0 Å². The van der Waals surface area contributed by atoms with Crippen molar-refractivity contribution in [2.45, 2.75) is 25.8 Å². The van der Waals surface area contributed by atoms with Gasteiger partial charge in [0.25, 0.3) is 5.91 Å². The van der Waals surface area contributed by atoms with E-state index >= 15 is 0 Å². The summed E-state index contributed by atoms with van der Waals surface area (Å²) in [6, 6.07) is 3.41. The average molecular weight is 250 g/mol. The summed E-state index contributed by atoms with van der Waals surface area (Å²) < 4.78 is 0. The predicted molar refractivity (Wildman–Crippen MR) is 67.5 cm³/mol. The van der Waals surface area contributed by atoms with Crippen molar-refractivity contribution in [2.75, 3.05) is 6.54 Å². The molecular weight excluding hydrogens is 232 g/mol. The van der Waals surface area contributed by atoms with Crippen LogP contribution in [0.5, 0.6) is 0 Å². The molecule has 5 N–H and O–H groups in total. The first-order chi connectivity index (χ1) is 8.63. The number of primary amides is 1. The Morgan fingerprint density at radius 3 is 2.61 bits per heavy atom. The lowest BCUT2D eigenvalue weighted by atomic mass is 10.2. The van der Waals surface area contributed by atoms with E-state index in [1.165, 1.54) is 0 Å². The zero-order valence-electron chi connectivity index (χ0n) is 10.2. The second kappa shape index (κ2) is 7.39. The number of amides is 2. The molecule has 1 rings (SSSR count). The third-order valence-electron chi connectivity index (χ3n) is 2.43. The molecule has 98 valence electrons. The first-order valence-corrected chi connectivity index (χ1v) is 5.85. The lowest BCUT2D eigenvalue weighted by Crippen LogP contribution is -2.25. The van der Waals surface area contributed by atoms with Crippen molar-refractivity contribution in [3.05, 3.63) is 29.6 Å². The van der Waals surface area contributed by atoms with E-state index in [1.807, 2.05) is 0 Å². The predicted octanol–water partition coefficient (Wildman–Crippen LogP) is -0.0743. The Kier molecular flexibility index (Phi) is 5.79. The van der Waals surface area contributed by atoms with Crippen LogP contribution in [0.25, 0.3) is 0 Å². The molecule has 0 aliphatic rings. The van der Waals surface area contributed by atoms with Gasteiger partial charge < -0.3 is 16.8 Å². The van der Waals surface area contributed by atoms with E-state index in [9.17, 15) is 9.59 Å². The lowest BCUT2D eigenvalue weighted by Gasteiger charge is -2.04. The average Bonchev–Trinajstić information content (AvgIpc) is 2.38. The standard InChI is InChI=1S/C12H18N4O2/c13-7-9-4-5-10(16-8-9)12(18)15-6-2-1-3-11(14)17/h4-5,8H,1-3,6-7,13H2,(H2,14,17)(H,15,18). The lowest BCUT2D eigenvalue weighted by molar-refractivity contribution is -0.118. The molecule has 0 spiro atoms. The number of carbonyl (C=O) groups is 2. The number of unbranched alkanes of at least 4 members (excludes halogenated alkanes) is 1. The van der Waals surface area contributed by atoms with Gasteiger partial charge in [-0.1, -0.05) is 6.07 Å². The van der Waals surface area contributed by atoms with E-state index in [4.69, 9.17) is 11.5 Å². The topological polar surface area (TPSA) is 111 Å². The fourth-order valence-corrected chi connectivity index (χ4v) is 1.40. The molecule has 0 aliphatic carbocycles. The van der Waals surface area contributed by atoms with E-state index in [-0.39, 0.29) is 11.8 Å². The van der Waals surface area contributed by atoms with Gasteiger partial charge in [0, 0.05) is 25.7 Å². The number of aromatic nitrogens is 1. The summed E-state index contributed by atoms with van der Waals surface area (Å²) in [6.45, 7) is 0.911. The molecular formula is C12H18N4O2. The number of hydrogen-bond donors (Lipinski definition) is 3. The summed E-state index contributed by atoms with van der Waals surface area (Å²) in [5.41, 5.74) is 11.7. The quantitative estimate of drug-likeness (QED) is 0.588. The minimum absolute atomic E-state index is 0.224. The summed E-state index contributed by atoms with van der Waals surface area (Å²) in [7, 11) is 0. The molecule has 18 heavy (non-hydrogen) atoms. The summed E-state index contributed by atoms with van der Waals surface area (Å²) in [5, 5.41) is 2.73. The van der Waals surface area contributed by atoms with Gasteiger partial charge in [0.05, 0.1) is 0 Å². The van der Waals surface area contributed by atoms with Gasteiger partial charge in [-0.15, -0.1) is 0 Å². The Balaban J connectivity index is 2.29. The van der Waals surface area contributed by atoms with Crippen molar-refractivity contribution in [3.8, 4) is 0 Å². The van der Waals surface area contributed by atoms with Gasteiger partial charge in [-0.3, -0.25) is 14.6 Å². The molecule has 2 amide bonds. The first kappa shape index (κ1) is 14.1. The van der Waals surface area contributed by atoms with Crippen LogP contribution in [0.15, 0.2) is 18.3 Å². The normalized spacial score (nSPS) is 10.1. The highest BCUT2D eigenvalue weighted by Gasteiger charge is 2.05. The van der Waals surface area contributed by atoms with Gasteiger partial charge in [-0.05, 0) is 24.5 Å². The van der Waals surface area contributed by atoms with Crippen LogP contribution in [0.4, 0.5) is 0 Å².